The van der Waals surface area contributed by atoms with Gasteiger partial charge in [-0.1, -0.05) is 20.4 Å². The number of hydrogen-bond donors (Lipinski definition) is 0. The van der Waals surface area contributed by atoms with Crippen molar-refractivity contribution in [2.24, 2.45) is 0 Å². The van der Waals surface area contributed by atoms with Crippen LogP contribution in [0.15, 0.2) is 12.3 Å². The normalized spacial score (nSPS) is 10.3. The molecule has 0 saturated carbocycles. The third kappa shape index (κ3) is 5.19. The number of ether oxygens (including phenoxy) is 1. The Labute approximate surface area is 76.2 Å². The first-order chi connectivity index (χ1) is 5.74. The summed E-state index contributed by atoms with van der Waals surface area (Å²) in [6, 6.07) is 0. The van der Waals surface area contributed by atoms with Crippen LogP contribution in [0.2, 0.25) is 0 Å². The fourth-order valence-corrected chi connectivity index (χ4v) is 1.22. The molecule has 0 aliphatic carbocycles. The van der Waals surface area contributed by atoms with Gasteiger partial charge in [-0.05, 0) is 25.9 Å². The van der Waals surface area contributed by atoms with Crippen LogP contribution >= 0.6 is 0 Å². The summed E-state index contributed by atoms with van der Waals surface area (Å²) in [6.45, 7) is 11.3. The van der Waals surface area contributed by atoms with Crippen LogP contribution < -0.4 is 0 Å². The monoisotopic (exact) mass is 171 g/mol. The maximum absolute atomic E-state index is 5.04. The molecule has 0 aromatic rings. The Morgan fingerprint density at radius 1 is 1.25 bits per heavy atom. The molecule has 0 aromatic carbocycles. The fourth-order valence-electron chi connectivity index (χ4n) is 1.22. The van der Waals surface area contributed by atoms with Gasteiger partial charge in [0.15, 0.2) is 0 Å². The predicted molar refractivity (Wildman–Crippen MR) is 53.2 cm³/mol. The summed E-state index contributed by atoms with van der Waals surface area (Å²) in [5, 5.41) is 0. The molecule has 0 heterocycles. The molecule has 0 aromatic heterocycles. The topological polar surface area (TPSA) is 12.5 Å². The third-order valence-electron chi connectivity index (χ3n) is 1.77. The van der Waals surface area contributed by atoms with Crippen molar-refractivity contribution in [2.45, 2.75) is 26.7 Å². The Morgan fingerprint density at radius 3 is 2.08 bits per heavy atom. The minimum atomic E-state index is 0.858. The largest absolute Gasteiger partial charge is 0.500 e. The van der Waals surface area contributed by atoms with E-state index in [2.05, 4.69) is 25.3 Å². The SMILES string of the molecule is C=C(CN(CCC)CCC)OC. The molecule has 72 valence electrons. The summed E-state index contributed by atoms with van der Waals surface area (Å²) >= 11 is 0. The van der Waals surface area contributed by atoms with E-state index >= 15 is 0 Å². The van der Waals surface area contributed by atoms with Gasteiger partial charge in [-0.3, -0.25) is 4.90 Å². The fraction of sp³-hybridized carbons (Fsp3) is 0.800. The van der Waals surface area contributed by atoms with Crippen LogP contribution in [0, 0.1) is 0 Å². The second-order valence-corrected chi connectivity index (χ2v) is 3.02. The molecular formula is C10H21NO. The minimum Gasteiger partial charge on any atom is -0.500 e. The lowest BCUT2D eigenvalue weighted by Gasteiger charge is -2.21. The second kappa shape index (κ2) is 7.17. The zero-order chi connectivity index (χ0) is 9.40. The van der Waals surface area contributed by atoms with E-state index in [1.807, 2.05) is 0 Å². The Morgan fingerprint density at radius 2 is 1.75 bits per heavy atom. The molecule has 0 atom stereocenters. The average Bonchev–Trinajstić information content (AvgIpc) is 2.05. The lowest BCUT2D eigenvalue weighted by molar-refractivity contribution is 0.214. The van der Waals surface area contributed by atoms with Crippen molar-refractivity contribution >= 4 is 0 Å². The van der Waals surface area contributed by atoms with Gasteiger partial charge in [-0.2, -0.15) is 0 Å². The highest BCUT2D eigenvalue weighted by molar-refractivity contribution is 4.85. The van der Waals surface area contributed by atoms with Gasteiger partial charge < -0.3 is 4.74 Å². The van der Waals surface area contributed by atoms with E-state index in [9.17, 15) is 0 Å². The highest BCUT2D eigenvalue weighted by atomic mass is 16.5. The smallest absolute Gasteiger partial charge is 0.102 e. The van der Waals surface area contributed by atoms with Gasteiger partial charge in [-0.25, -0.2) is 0 Å². The Kier molecular flexibility index (Phi) is 6.87. The molecule has 2 nitrogen and oxygen atoms in total. The van der Waals surface area contributed by atoms with Gasteiger partial charge in [0.1, 0.15) is 5.76 Å². The van der Waals surface area contributed by atoms with Crippen LogP contribution in [-0.2, 0) is 4.74 Å². The van der Waals surface area contributed by atoms with Gasteiger partial charge in [0.25, 0.3) is 0 Å². The number of hydrogen-bond acceptors (Lipinski definition) is 2. The molecule has 0 N–H and O–H groups in total. The predicted octanol–water partition coefficient (Wildman–Crippen LogP) is 2.27. The first kappa shape index (κ1) is 11.5. The first-order valence-electron chi connectivity index (χ1n) is 4.68. The highest BCUT2D eigenvalue weighted by Gasteiger charge is 2.03. The molecular weight excluding hydrogens is 150 g/mol. The van der Waals surface area contributed by atoms with Crippen molar-refractivity contribution in [3.05, 3.63) is 12.3 Å². The summed E-state index contributed by atoms with van der Waals surface area (Å²) in [5.41, 5.74) is 0. The molecule has 0 aliphatic heterocycles. The maximum atomic E-state index is 5.04. The molecule has 0 radical (unpaired) electrons. The van der Waals surface area contributed by atoms with E-state index in [0.717, 1.165) is 25.4 Å². The number of methoxy groups -OCH3 is 1. The highest BCUT2D eigenvalue weighted by Crippen LogP contribution is 1.99. The number of nitrogens with zero attached hydrogens (tertiary/aromatic N) is 1. The van der Waals surface area contributed by atoms with Crippen LogP contribution in [0.25, 0.3) is 0 Å². The van der Waals surface area contributed by atoms with Crippen LogP contribution in [0.5, 0.6) is 0 Å². The summed E-state index contributed by atoms with van der Waals surface area (Å²) in [6.07, 6.45) is 2.38. The van der Waals surface area contributed by atoms with Crippen molar-refractivity contribution in [2.75, 3.05) is 26.7 Å². The van der Waals surface area contributed by atoms with E-state index in [0.29, 0.717) is 0 Å². The molecule has 12 heavy (non-hydrogen) atoms. The molecule has 0 unspecified atom stereocenters. The summed E-state index contributed by atoms with van der Waals surface area (Å²) in [7, 11) is 1.68. The lowest BCUT2D eigenvalue weighted by Crippen LogP contribution is -2.27. The van der Waals surface area contributed by atoms with Crippen molar-refractivity contribution in [1.29, 1.82) is 0 Å². The second-order valence-electron chi connectivity index (χ2n) is 3.02. The third-order valence-corrected chi connectivity index (χ3v) is 1.77. The quantitative estimate of drug-likeness (QED) is 0.545. The molecule has 0 amide bonds. The number of rotatable bonds is 7. The summed E-state index contributed by atoms with van der Waals surface area (Å²) in [4.78, 5) is 2.37. The molecule has 0 bridgehead atoms. The van der Waals surface area contributed by atoms with Gasteiger partial charge in [0, 0.05) is 0 Å². The van der Waals surface area contributed by atoms with Crippen molar-refractivity contribution < 1.29 is 4.74 Å². The summed E-state index contributed by atoms with van der Waals surface area (Å²) < 4.78 is 5.04. The zero-order valence-corrected chi connectivity index (χ0v) is 8.60. The van der Waals surface area contributed by atoms with E-state index in [1.165, 1.54) is 12.8 Å². The van der Waals surface area contributed by atoms with Crippen LogP contribution in [0.4, 0.5) is 0 Å². The van der Waals surface area contributed by atoms with Gasteiger partial charge in [-0.15, -0.1) is 0 Å². The Hall–Kier alpha value is -0.500. The standard InChI is InChI=1S/C10H21NO/c1-5-7-11(8-6-2)9-10(3)12-4/h3,5-9H2,1-2,4H3. The molecule has 0 spiro atoms. The molecule has 0 rings (SSSR count). The Bertz CT molecular complexity index is 117. The van der Waals surface area contributed by atoms with Gasteiger partial charge in [0.05, 0.1) is 13.7 Å². The Balaban J connectivity index is 3.68. The van der Waals surface area contributed by atoms with E-state index in [4.69, 9.17) is 4.74 Å². The van der Waals surface area contributed by atoms with Gasteiger partial charge >= 0.3 is 0 Å². The summed E-state index contributed by atoms with van der Waals surface area (Å²) in [5.74, 6) is 0.858. The van der Waals surface area contributed by atoms with Crippen LogP contribution in [-0.4, -0.2) is 31.6 Å². The molecule has 0 fully saturated rings. The zero-order valence-electron chi connectivity index (χ0n) is 8.60. The van der Waals surface area contributed by atoms with Crippen LogP contribution in [0.1, 0.15) is 26.7 Å². The van der Waals surface area contributed by atoms with E-state index in [-0.39, 0.29) is 0 Å². The lowest BCUT2D eigenvalue weighted by atomic mass is 10.3. The van der Waals surface area contributed by atoms with Crippen LogP contribution in [0.3, 0.4) is 0 Å². The first-order valence-corrected chi connectivity index (χ1v) is 4.68. The van der Waals surface area contributed by atoms with Gasteiger partial charge in [0.2, 0.25) is 0 Å². The average molecular weight is 171 g/mol. The molecule has 0 saturated heterocycles. The van der Waals surface area contributed by atoms with Crippen molar-refractivity contribution in [3.63, 3.8) is 0 Å². The molecule has 0 aliphatic rings. The van der Waals surface area contributed by atoms with E-state index < -0.39 is 0 Å². The van der Waals surface area contributed by atoms with Crippen molar-refractivity contribution in [3.8, 4) is 0 Å². The van der Waals surface area contributed by atoms with E-state index in [1.54, 1.807) is 7.11 Å². The maximum Gasteiger partial charge on any atom is 0.102 e. The molecule has 2 heteroatoms. The van der Waals surface area contributed by atoms with Crippen molar-refractivity contribution in [1.82, 2.24) is 4.90 Å². The minimum absolute atomic E-state index is 0.858.